The number of H-pyrrole nitrogens is 1. The number of aromatic hydroxyl groups is 1. The number of aryl methyl sites for hydroxylation is 2. The molecule has 1 amide bonds. The van der Waals surface area contributed by atoms with Gasteiger partial charge in [-0.2, -0.15) is 0 Å². The minimum Gasteiger partial charge on any atom is -0.493 e. The number of nitrogens with one attached hydrogen (secondary N) is 2. The fraction of sp³-hybridized carbons (Fsp3) is 0.167. The summed E-state index contributed by atoms with van der Waals surface area (Å²) in [5.74, 6) is -0.519. The maximum Gasteiger partial charge on any atom is 0.283 e. The minimum absolute atomic E-state index is 0.0382. The van der Waals surface area contributed by atoms with Crippen LogP contribution in [0.1, 0.15) is 11.1 Å². The standard InChI is InChI=1S/C18H18N4O2/c1-11-7-8-14(12(2)9-11)19-10-16(23)21-22-17-13-5-3-4-6-15(13)20-18(17)24/h3-9,19-20,24H,10H2,1-2H3. The number of hydrogen-bond donors (Lipinski definition) is 3. The quantitative estimate of drug-likeness (QED) is 0.628. The summed E-state index contributed by atoms with van der Waals surface area (Å²) < 4.78 is 0. The van der Waals surface area contributed by atoms with E-state index in [0.717, 1.165) is 16.8 Å². The molecule has 6 nitrogen and oxygen atoms in total. The number of rotatable bonds is 4. The molecule has 0 aliphatic rings. The number of azo groups is 1. The maximum absolute atomic E-state index is 11.9. The van der Waals surface area contributed by atoms with Crippen LogP contribution in [-0.2, 0) is 4.79 Å². The fourth-order valence-electron chi connectivity index (χ4n) is 2.54. The van der Waals surface area contributed by atoms with Crippen molar-refractivity contribution < 1.29 is 9.90 Å². The first-order valence-corrected chi connectivity index (χ1v) is 7.60. The second-order valence-electron chi connectivity index (χ2n) is 5.63. The first-order valence-electron chi connectivity index (χ1n) is 7.60. The summed E-state index contributed by atoms with van der Waals surface area (Å²) in [7, 11) is 0. The van der Waals surface area contributed by atoms with E-state index < -0.39 is 5.91 Å². The van der Waals surface area contributed by atoms with Crippen molar-refractivity contribution in [2.24, 2.45) is 10.2 Å². The predicted molar refractivity (Wildman–Crippen MR) is 93.9 cm³/mol. The number of amides is 1. The van der Waals surface area contributed by atoms with Gasteiger partial charge in [-0.25, -0.2) is 0 Å². The molecule has 6 heteroatoms. The zero-order valence-corrected chi connectivity index (χ0v) is 13.5. The van der Waals surface area contributed by atoms with Crippen LogP contribution < -0.4 is 5.32 Å². The van der Waals surface area contributed by atoms with Crippen LogP contribution in [0.3, 0.4) is 0 Å². The van der Waals surface area contributed by atoms with E-state index in [4.69, 9.17) is 0 Å². The summed E-state index contributed by atoms with van der Waals surface area (Å²) >= 11 is 0. The van der Waals surface area contributed by atoms with Crippen LogP contribution in [0.2, 0.25) is 0 Å². The van der Waals surface area contributed by atoms with E-state index in [1.54, 1.807) is 6.07 Å². The molecular weight excluding hydrogens is 304 g/mol. The number of benzene rings is 2. The van der Waals surface area contributed by atoms with Crippen LogP contribution in [0.5, 0.6) is 5.88 Å². The molecule has 2 aromatic carbocycles. The van der Waals surface area contributed by atoms with Gasteiger partial charge in [0.1, 0.15) is 0 Å². The van der Waals surface area contributed by atoms with Gasteiger partial charge in [-0.05, 0) is 31.5 Å². The third-order valence-corrected chi connectivity index (χ3v) is 3.73. The Bertz CT molecular complexity index is 928. The highest BCUT2D eigenvalue weighted by atomic mass is 16.3. The Balaban J connectivity index is 1.70. The van der Waals surface area contributed by atoms with Crippen LogP contribution in [0, 0.1) is 13.8 Å². The van der Waals surface area contributed by atoms with Gasteiger partial charge in [-0.1, -0.05) is 35.9 Å². The van der Waals surface area contributed by atoms with Crippen molar-refractivity contribution in [3.05, 3.63) is 53.6 Å². The SMILES string of the molecule is Cc1ccc(NCC(=O)N=Nc2c(O)[nH]c3ccccc23)c(C)c1. The fourth-order valence-corrected chi connectivity index (χ4v) is 2.54. The third kappa shape index (κ3) is 3.27. The number of carbonyl (C=O) groups excluding carboxylic acids is 1. The van der Waals surface area contributed by atoms with Crippen LogP contribution in [-0.4, -0.2) is 22.5 Å². The minimum atomic E-state index is -0.417. The summed E-state index contributed by atoms with van der Waals surface area (Å²) in [6, 6.07) is 13.2. The number of nitrogens with zero attached hydrogens (tertiary/aromatic N) is 2. The Morgan fingerprint density at radius 2 is 2.00 bits per heavy atom. The highest BCUT2D eigenvalue weighted by Crippen LogP contribution is 2.35. The number of aromatic nitrogens is 1. The molecule has 0 saturated carbocycles. The molecule has 0 radical (unpaired) electrons. The lowest BCUT2D eigenvalue weighted by atomic mass is 10.1. The number of aromatic amines is 1. The molecular formula is C18H18N4O2. The topological polar surface area (TPSA) is 89.8 Å². The first kappa shape index (κ1) is 15.7. The van der Waals surface area contributed by atoms with E-state index in [1.165, 1.54) is 5.56 Å². The molecule has 0 fully saturated rings. The van der Waals surface area contributed by atoms with Gasteiger partial charge in [0.15, 0.2) is 5.69 Å². The number of para-hydroxylation sites is 1. The summed E-state index contributed by atoms with van der Waals surface area (Å²) in [6.07, 6.45) is 0. The Labute approximate surface area is 139 Å². The van der Waals surface area contributed by atoms with Crippen molar-refractivity contribution in [1.29, 1.82) is 0 Å². The lowest BCUT2D eigenvalue weighted by Gasteiger charge is -2.07. The first-order chi connectivity index (χ1) is 11.5. The molecule has 0 aliphatic carbocycles. The Kier molecular flexibility index (Phi) is 4.29. The van der Waals surface area contributed by atoms with Crippen molar-refractivity contribution in [1.82, 2.24) is 4.98 Å². The van der Waals surface area contributed by atoms with E-state index in [1.807, 2.05) is 50.2 Å². The number of fused-ring (bicyclic) bond motifs is 1. The lowest BCUT2D eigenvalue weighted by Crippen LogP contribution is -2.11. The molecule has 0 aliphatic heterocycles. The third-order valence-electron chi connectivity index (χ3n) is 3.73. The zero-order valence-electron chi connectivity index (χ0n) is 13.5. The summed E-state index contributed by atoms with van der Waals surface area (Å²) in [5, 5.41) is 21.2. The predicted octanol–water partition coefficient (Wildman–Crippen LogP) is 4.21. The van der Waals surface area contributed by atoms with Crippen LogP contribution in [0.25, 0.3) is 10.9 Å². The van der Waals surface area contributed by atoms with Gasteiger partial charge in [0.2, 0.25) is 5.88 Å². The molecule has 1 aromatic heterocycles. The summed E-state index contributed by atoms with van der Waals surface area (Å²) in [5.41, 5.74) is 4.13. The second-order valence-corrected chi connectivity index (χ2v) is 5.63. The van der Waals surface area contributed by atoms with Gasteiger partial charge < -0.3 is 15.4 Å². The summed E-state index contributed by atoms with van der Waals surface area (Å²) in [4.78, 5) is 14.7. The van der Waals surface area contributed by atoms with E-state index >= 15 is 0 Å². The number of carbonyl (C=O) groups is 1. The van der Waals surface area contributed by atoms with Crippen LogP contribution in [0.4, 0.5) is 11.4 Å². The van der Waals surface area contributed by atoms with Gasteiger partial charge in [0, 0.05) is 11.1 Å². The summed E-state index contributed by atoms with van der Waals surface area (Å²) in [6.45, 7) is 4.03. The van der Waals surface area contributed by atoms with Crippen molar-refractivity contribution in [2.75, 3.05) is 11.9 Å². The van der Waals surface area contributed by atoms with Gasteiger partial charge in [0.05, 0.1) is 12.1 Å². The van der Waals surface area contributed by atoms with Gasteiger partial charge in [0.25, 0.3) is 5.91 Å². The van der Waals surface area contributed by atoms with Crippen molar-refractivity contribution >= 4 is 28.2 Å². The Morgan fingerprint density at radius 1 is 1.21 bits per heavy atom. The molecule has 0 atom stereocenters. The lowest BCUT2D eigenvalue weighted by molar-refractivity contribution is -0.116. The molecule has 24 heavy (non-hydrogen) atoms. The molecule has 3 aromatic rings. The average molecular weight is 322 g/mol. The molecule has 0 bridgehead atoms. The highest BCUT2D eigenvalue weighted by Gasteiger charge is 2.10. The molecule has 122 valence electrons. The van der Waals surface area contributed by atoms with Crippen LogP contribution >= 0.6 is 0 Å². The smallest absolute Gasteiger partial charge is 0.283 e. The Hall–Kier alpha value is -3.15. The molecule has 3 rings (SSSR count). The average Bonchev–Trinajstić information content (AvgIpc) is 2.87. The van der Waals surface area contributed by atoms with Gasteiger partial charge >= 0.3 is 0 Å². The molecule has 0 unspecified atom stereocenters. The van der Waals surface area contributed by atoms with E-state index in [2.05, 4.69) is 20.5 Å². The molecule has 3 N–H and O–H groups in total. The molecule has 0 saturated heterocycles. The second kappa shape index (κ2) is 6.54. The number of hydrogen-bond acceptors (Lipinski definition) is 4. The normalized spacial score (nSPS) is 11.2. The molecule has 0 spiro atoms. The largest absolute Gasteiger partial charge is 0.493 e. The van der Waals surface area contributed by atoms with E-state index in [0.29, 0.717) is 5.39 Å². The Morgan fingerprint density at radius 3 is 2.79 bits per heavy atom. The van der Waals surface area contributed by atoms with E-state index in [9.17, 15) is 9.90 Å². The van der Waals surface area contributed by atoms with Gasteiger partial charge in [-0.15, -0.1) is 10.2 Å². The van der Waals surface area contributed by atoms with Crippen molar-refractivity contribution in [3.63, 3.8) is 0 Å². The number of anilines is 1. The highest BCUT2D eigenvalue weighted by molar-refractivity contribution is 5.94. The van der Waals surface area contributed by atoms with Gasteiger partial charge in [-0.3, -0.25) is 4.79 Å². The van der Waals surface area contributed by atoms with Crippen molar-refractivity contribution in [3.8, 4) is 5.88 Å². The zero-order chi connectivity index (χ0) is 17.1. The van der Waals surface area contributed by atoms with Crippen LogP contribution in [0.15, 0.2) is 52.7 Å². The van der Waals surface area contributed by atoms with E-state index in [-0.39, 0.29) is 18.1 Å². The van der Waals surface area contributed by atoms with Crippen molar-refractivity contribution in [2.45, 2.75) is 13.8 Å². The molecule has 1 heterocycles. The monoisotopic (exact) mass is 322 g/mol. The maximum atomic E-state index is 11.9.